The molecule has 2 fully saturated rings. The minimum absolute atomic E-state index is 0.0235. The minimum Gasteiger partial charge on any atom is -0.462 e. The summed E-state index contributed by atoms with van der Waals surface area (Å²) < 4.78 is 45.4. The highest BCUT2D eigenvalue weighted by atomic mass is 79.9. The van der Waals surface area contributed by atoms with Gasteiger partial charge in [-0.15, -0.1) is 0 Å². The molecular formula is C61H82BrClFN5O14. The number of fused-ring (bicyclic) bond motifs is 5. The van der Waals surface area contributed by atoms with E-state index in [0.29, 0.717) is 42.0 Å². The molecule has 5 amide bonds. The minimum atomic E-state index is -1.66. The number of hydrogen-bond acceptors (Lipinski definition) is 14. The predicted octanol–water partition coefficient (Wildman–Crippen LogP) is 9.17. The first-order valence-corrected chi connectivity index (χ1v) is 29.5. The molecule has 5 rings (SSSR count). The molecule has 2 saturated heterocycles. The summed E-state index contributed by atoms with van der Waals surface area (Å²) in [6.45, 7) is 18.1. The Kier molecular flexibility index (Phi) is 24.2. The van der Waals surface area contributed by atoms with Crippen LogP contribution in [0.5, 0.6) is 0 Å². The van der Waals surface area contributed by atoms with Gasteiger partial charge in [0.15, 0.2) is 5.78 Å². The summed E-state index contributed by atoms with van der Waals surface area (Å²) in [6, 6.07) is 5.53. The number of carbonyl (C=O) groups excluding carboxylic acids is 8. The summed E-state index contributed by atoms with van der Waals surface area (Å²) >= 11 is 10.0. The number of carbonyl (C=O) groups is 8. The third-order valence-electron chi connectivity index (χ3n) is 15.7. The van der Waals surface area contributed by atoms with E-state index in [1.165, 1.54) is 24.1 Å². The van der Waals surface area contributed by atoms with E-state index in [1.807, 2.05) is 26.0 Å². The number of epoxide rings is 1. The zero-order valence-corrected chi connectivity index (χ0v) is 51.6. The Hall–Kier alpha value is -6.00. The van der Waals surface area contributed by atoms with Crippen LogP contribution in [0.25, 0.3) is 0 Å². The molecule has 3 heterocycles. The number of nitrogens with one attached hydrogen (secondary N) is 3. The highest BCUT2D eigenvalue weighted by Crippen LogP contribution is 2.50. The zero-order chi connectivity index (χ0) is 61.7. The fourth-order valence-electron chi connectivity index (χ4n) is 10.6. The van der Waals surface area contributed by atoms with Crippen LogP contribution in [0.2, 0.25) is 5.02 Å². The number of halogens is 3. The van der Waals surface area contributed by atoms with Crippen LogP contribution in [0, 0.1) is 30.5 Å². The van der Waals surface area contributed by atoms with E-state index >= 15 is 4.39 Å². The first-order valence-electron chi connectivity index (χ1n) is 28.0. The van der Waals surface area contributed by atoms with Crippen LogP contribution in [0.15, 0.2) is 66.3 Å². The fourth-order valence-corrected chi connectivity index (χ4v) is 11.1. The standard InChI is InChI=1S/C61H82BrClFN5O14/c1-34(2)42(29-41(70)17-12-13-22-59(7,8)83-56(75)37(5)33-62)55(74)67-45(18-15-23-66-57(65)76)47(71)28-39-20-21-44(43(64)26-39)68-58(77)81-50-30-51(72)69(10)46-27-40(25-36(4)53(46)63)24-35(3)16-14-19-49(79-11)61(78)31-48(80-52(73)32-61)38(6)54-60(50,9)82-54/h14,16,19-21,25-27,34,38,42,45,48-50,54,78H,5,12-13,15,17-18,22-24,28-33H2,1-4,6-11H3,(H,67,74)(H,68,77)(H3,65,66,76)/b19-14+,35-16+/t38-,42+,45+,48+,49-,50+,54+,60+,61-/m1/s1. The molecule has 456 valence electrons. The number of benzene rings is 2. The normalized spacial score (nSPS) is 24.6. The van der Waals surface area contributed by atoms with Crippen molar-refractivity contribution in [3.8, 4) is 0 Å². The lowest BCUT2D eigenvalue weighted by Gasteiger charge is -2.41. The number of esters is 2. The number of ether oxygens (including phenoxy) is 5. The molecule has 0 radical (unpaired) electrons. The highest BCUT2D eigenvalue weighted by Gasteiger charge is 2.64. The second-order valence-electron chi connectivity index (χ2n) is 23.4. The van der Waals surface area contributed by atoms with Crippen molar-refractivity contribution in [1.82, 2.24) is 10.6 Å². The van der Waals surface area contributed by atoms with Crippen molar-refractivity contribution >= 4 is 86.3 Å². The molecule has 4 bridgehead atoms. The van der Waals surface area contributed by atoms with E-state index < -0.39 is 113 Å². The Labute approximate surface area is 499 Å². The lowest BCUT2D eigenvalue weighted by Crippen LogP contribution is -2.53. The lowest BCUT2D eigenvalue weighted by molar-refractivity contribution is -0.187. The van der Waals surface area contributed by atoms with Crippen molar-refractivity contribution < 1.29 is 71.5 Å². The van der Waals surface area contributed by atoms with E-state index in [1.54, 1.807) is 66.8 Å². The number of methoxy groups -OCH3 is 1. The highest BCUT2D eigenvalue weighted by molar-refractivity contribution is 9.09. The number of anilines is 2. The zero-order valence-electron chi connectivity index (χ0n) is 49.3. The van der Waals surface area contributed by atoms with Gasteiger partial charge < -0.3 is 50.1 Å². The van der Waals surface area contributed by atoms with Crippen LogP contribution in [-0.4, -0.2) is 126 Å². The molecule has 83 heavy (non-hydrogen) atoms. The first-order chi connectivity index (χ1) is 38.9. The SMILES string of the molecule is C=C(CBr)C(=O)OC(C)(C)CCCCC(=O)C[C@H](C(=O)N[C@@H](CCCNC(N)=O)C(=O)Cc1ccc(NC(=O)O[C@H]2CC(=O)N(C)c3cc(cc(C)c3Cl)C/C(C)=C/C=C/[C@@H](OC)[C@]3(O)CC(=O)O[C@@H](C3)[C@@H](C)[C@@H]3O[C@@]23C)c(F)c1)C(C)C. The Bertz CT molecular complexity index is 2830. The number of alkyl halides is 1. The van der Waals surface area contributed by atoms with Gasteiger partial charge in [0.1, 0.15) is 46.7 Å². The average molecular weight is 1240 g/mol. The number of nitrogens with two attached hydrogens (primary N) is 1. The van der Waals surface area contributed by atoms with Gasteiger partial charge in [-0.2, -0.15) is 0 Å². The molecule has 22 heteroatoms. The van der Waals surface area contributed by atoms with Gasteiger partial charge in [0.05, 0.1) is 41.4 Å². The number of amides is 5. The Morgan fingerprint density at radius 3 is 2.45 bits per heavy atom. The van der Waals surface area contributed by atoms with Crippen LogP contribution in [0.1, 0.15) is 129 Å². The third kappa shape index (κ3) is 19.0. The van der Waals surface area contributed by atoms with Crippen molar-refractivity contribution in [3.05, 3.63) is 93.8 Å². The second kappa shape index (κ2) is 29.7. The third-order valence-corrected chi connectivity index (χ3v) is 16.8. The van der Waals surface area contributed by atoms with Crippen molar-refractivity contribution in [2.24, 2.45) is 23.5 Å². The first kappa shape index (κ1) is 67.8. The van der Waals surface area contributed by atoms with Crippen molar-refractivity contribution in [3.63, 3.8) is 0 Å². The second-order valence-corrected chi connectivity index (χ2v) is 24.3. The van der Waals surface area contributed by atoms with E-state index in [4.69, 9.17) is 41.0 Å². The number of aryl methyl sites for hydroxylation is 1. The molecule has 2 aromatic carbocycles. The van der Waals surface area contributed by atoms with Gasteiger partial charge in [-0.1, -0.05) is 90.8 Å². The summed E-state index contributed by atoms with van der Waals surface area (Å²) in [5.41, 5.74) is 4.50. The summed E-state index contributed by atoms with van der Waals surface area (Å²) in [5, 5.41) is 20.3. The van der Waals surface area contributed by atoms with Crippen LogP contribution in [0.3, 0.4) is 0 Å². The predicted molar refractivity (Wildman–Crippen MR) is 315 cm³/mol. The number of allylic oxidation sites excluding steroid dienone is 3. The maximum Gasteiger partial charge on any atom is 0.412 e. The maximum absolute atomic E-state index is 16.1. The quantitative estimate of drug-likeness (QED) is 0.0173. The summed E-state index contributed by atoms with van der Waals surface area (Å²) in [4.78, 5) is 108. The van der Waals surface area contributed by atoms with E-state index in [-0.39, 0.29) is 85.3 Å². The molecule has 0 saturated carbocycles. The number of hydrogen-bond donors (Lipinski definition) is 5. The monoisotopic (exact) mass is 1240 g/mol. The molecule has 0 aromatic heterocycles. The van der Waals surface area contributed by atoms with Gasteiger partial charge in [0.25, 0.3) is 0 Å². The van der Waals surface area contributed by atoms with Crippen LogP contribution in [-0.2, 0) is 65.3 Å². The molecule has 0 unspecified atom stereocenters. The number of ketones is 2. The van der Waals surface area contributed by atoms with E-state index in [9.17, 15) is 43.5 Å². The molecule has 3 aliphatic rings. The summed E-state index contributed by atoms with van der Waals surface area (Å²) in [6.07, 6.45) is 1.58. The Morgan fingerprint density at radius 2 is 1.80 bits per heavy atom. The number of nitrogens with zero attached hydrogens (tertiary/aromatic N) is 1. The van der Waals surface area contributed by atoms with Gasteiger partial charge in [0.2, 0.25) is 11.8 Å². The molecule has 6 N–H and O–H groups in total. The van der Waals surface area contributed by atoms with Crippen LogP contribution >= 0.6 is 27.5 Å². The van der Waals surface area contributed by atoms with Gasteiger partial charge in [-0.3, -0.25) is 29.3 Å². The Balaban J connectivity index is 1.31. The molecule has 2 aromatic rings. The van der Waals surface area contributed by atoms with Crippen molar-refractivity contribution in [2.45, 2.75) is 180 Å². The van der Waals surface area contributed by atoms with Crippen molar-refractivity contribution in [1.29, 1.82) is 0 Å². The van der Waals surface area contributed by atoms with Crippen molar-refractivity contribution in [2.75, 3.05) is 36.2 Å². The molecule has 0 aliphatic carbocycles. The number of unbranched alkanes of at least 4 members (excludes halogenated alkanes) is 1. The number of rotatable bonds is 23. The number of urea groups is 1. The summed E-state index contributed by atoms with van der Waals surface area (Å²) in [7, 11) is 2.99. The van der Waals surface area contributed by atoms with Gasteiger partial charge in [0, 0.05) is 69.1 Å². The smallest absolute Gasteiger partial charge is 0.412 e. The summed E-state index contributed by atoms with van der Waals surface area (Å²) in [5.74, 6) is -5.48. The molecular weight excluding hydrogens is 1160 g/mol. The molecule has 0 spiro atoms. The van der Waals surface area contributed by atoms with E-state index in [2.05, 4.69) is 38.5 Å². The average Bonchev–Trinajstić information content (AvgIpc) is 1.90. The topological polar surface area (TPSA) is 272 Å². The van der Waals surface area contributed by atoms with Gasteiger partial charge >= 0.3 is 24.1 Å². The number of aliphatic hydroxyl groups is 1. The fraction of sp³-hybridized carbons (Fsp3) is 0.574. The van der Waals surface area contributed by atoms with Gasteiger partial charge in [-0.05, 0) is 114 Å². The van der Waals surface area contributed by atoms with E-state index in [0.717, 1.165) is 17.2 Å². The maximum atomic E-state index is 16.1. The molecule has 19 nitrogen and oxygen atoms in total. The molecule has 9 atom stereocenters. The van der Waals surface area contributed by atoms with Gasteiger partial charge in [-0.25, -0.2) is 18.8 Å². The number of primary amides is 1. The van der Waals surface area contributed by atoms with Crippen LogP contribution < -0.4 is 26.6 Å². The largest absolute Gasteiger partial charge is 0.462 e. The lowest BCUT2D eigenvalue weighted by atomic mass is 9.78. The number of Topliss-reactive ketones (excluding diaryl/α,β-unsaturated/α-hetero) is 2. The Morgan fingerprint density at radius 1 is 1.08 bits per heavy atom. The van der Waals surface area contributed by atoms with Crippen LogP contribution in [0.4, 0.5) is 25.4 Å². The molecule has 3 aliphatic heterocycles.